The van der Waals surface area contributed by atoms with Crippen LogP contribution >= 0.6 is 0 Å². The number of fused-ring (bicyclic) bond motifs is 5. The van der Waals surface area contributed by atoms with Crippen molar-refractivity contribution in [3.05, 3.63) is 41.6 Å². The minimum absolute atomic E-state index is 0.00670. The molecule has 0 radical (unpaired) electrons. The topological polar surface area (TPSA) is 53.6 Å². The number of hydrogen-bond donors (Lipinski definition) is 2. The number of allylic oxidation sites excluding steroid dienone is 3. The molecule has 0 amide bonds. The van der Waals surface area contributed by atoms with Gasteiger partial charge in [0.15, 0.2) is 0 Å². The summed E-state index contributed by atoms with van der Waals surface area (Å²) in [6, 6.07) is 3.92. The van der Waals surface area contributed by atoms with E-state index in [1.807, 2.05) is 12.1 Å². The van der Waals surface area contributed by atoms with E-state index < -0.39 is 0 Å². The molecule has 3 heteroatoms. The summed E-state index contributed by atoms with van der Waals surface area (Å²) < 4.78 is 5.72. The van der Waals surface area contributed by atoms with Gasteiger partial charge in [-0.2, -0.15) is 0 Å². The van der Waals surface area contributed by atoms with Crippen LogP contribution in [0.1, 0.15) is 65.1 Å². The van der Waals surface area contributed by atoms with Crippen molar-refractivity contribution in [3.63, 3.8) is 0 Å². The van der Waals surface area contributed by atoms with Crippen LogP contribution in [0.2, 0.25) is 0 Å². The Morgan fingerprint density at radius 2 is 1.85 bits per heavy atom. The quantitative estimate of drug-likeness (QED) is 0.623. The molecule has 5 rings (SSSR count). The van der Waals surface area contributed by atoms with Crippen LogP contribution in [0, 0.1) is 34.5 Å². The van der Waals surface area contributed by atoms with Gasteiger partial charge in [0.05, 0.1) is 12.4 Å². The van der Waals surface area contributed by atoms with Gasteiger partial charge in [-0.15, -0.1) is 0 Å². The maximum absolute atomic E-state index is 10.9. The predicted molar refractivity (Wildman–Crippen MR) is 106 cm³/mol. The normalized spacial score (nSPS) is 46.5. The Labute approximate surface area is 162 Å². The van der Waals surface area contributed by atoms with Crippen LogP contribution < -0.4 is 0 Å². The number of furan rings is 1. The standard InChI is InChI=1S/C24H32O3/c1-14-11-15-12-16(25)6-8-23(15,2)17-7-9-24(3)18(21(14)17)13-19(26)22(24)20-5-4-10-27-20/h4-5,10-11,14,16-18,21,25-26H,6-9,12-13H2,1-3H3/t14-,16-,17-,18-,21+,23-,24-/m0/s1. The highest BCUT2D eigenvalue weighted by Gasteiger charge is 2.60. The molecule has 146 valence electrons. The fourth-order valence-corrected chi connectivity index (χ4v) is 7.50. The molecular formula is C24H32O3. The predicted octanol–water partition coefficient (Wildman–Crippen LogP) is 5.73. The lowest BCUT2D eigenvalue weighted by Gasteiger charge is -2.59. The van der Waals surface area contributed by atoms with E-state index in [1.165, 1.54) is 12.0 Å². The average Bonchev–Trinajstić information content (AvgIpc) is 3.21. The smallest absolute Gasteiger partial charge is 0.133 e. The van der Waals surface area contributed by atoms with Gasteiger partial charge in [-0.25, -0.2) is 0 Å². The Balaban J connectivity index is 1.55. The second-order valence-corrected chi connectivity index (χ2v) is 10.1. The molecule has 2 fully saturated rings. The van der Waals surface area contributed by atoms with Gasteiger partial charge in [0.25, 0.3) is 0 Å². The lowest BCUT2D eigenvalue weighted by molar-refractivity contribution is -0.0440. The molecule has 1 aromatic rings. The van der Waals surface area contributed by atoms with Crippen LogP contribution in [0.3, 0.4) is 0 Å². The van der Waals surface area contributed by atoms with Crippen LogP contribution in [0.5, 0.6) is 0 Å². The molecule has 2 saturated carbocycles. The largest absolute Gasteiger partial charge is 0.512 e. The Kier molecular flexibility index (Phi) is 3.76. The van der Waals surface area contributed by atoms with Gasteiger partial charge in [-0.1, -0.05) is 32.4 Å². The van der Waals surface area contributed by atoms with Gasteiger partial charge in [0.2, 0.25) is 0 Å². The monoisotopic (exact) mass is 368 g/mol. The Morgan fingerprint density at radius 3 is 2.59 bits per heavy atom. The molecule has 1 heterocycles. The summed E-state index contributed by atoms with van der Waals surface area (Å²) in [5.41, 5.74) is 2.77. The third-order valence-corrected chi connectivity index (χ3v) is 8.84. The minimum Gasteiger partial charge on any atom is -0.512 e. The summed E-state index contributed by atoms with van der Waals surface area (Å²) in [5.74, 6) is 3.60. The number of aliphatic hydroxyl groups is 2. The first-order valence-electron chi connectivity index (χ1n) is 10.7. The lowest BCUT2D eigenvalue weighted by atomic mass is 9.45. The van der Waals surface area contributed by atoms with E-state index in [2.05, 4.69) is 26.8 Å². The van der Waals surface area contributed by atoms with Crippen molar-refractivity contribution in [3.8, 4) is 0 Å². The SMILES string of the molecule is C[C@H]1C=C2C[C@@H](O)CC[C@]2(C)[C@H]2CC[C@]3(C)C(c4ccco4)=C(O)C[C@H]3[C@H]12. The summed E-state index contributed by atoms with van der Waals surface area (Å²) in [4.78, 5) is 0. The fraction of sp³-hybridized carbons (Fsp3) is 0.667. The van der Waals surface area contributed by atoms with E-state index in [4.69, 9.17) is 4.42 Å². The molecule has 3 nitrogen and oxygen atoms in total. The van der Waals surface area contributed by atoms with E-state index in [-0.39, 0.29) is 16.9 Å². The van der Waals surface area contributed by atoms with Crippen LogP contribution in [-0.2, 0) is 0 Å². The van der Waals surface area contributed by atoms with Gasteiger partial charge >= 0.3 is 0 Å². The second-order valence-electron chi connectivity index (χ2n) is 10.1. The minimum atomic E-state index is -0.162. The van der Waals surface area contributed by atoms with Gasteiger partial charge < -0.3 is 14.6 Å². The maximum atomic E-state index is 10.9. The molecule has 0 aromatic carbocycles. The molecule has 0 spiro atoms. The fourth-order valence-electron chi connectivity index (χ4n) is 7.50. The third-order valence-electron chi connectivity index (χ3n) is 8.84. The van der Waals surface area contributed by atoms with Crippen LogP contribution in [-0.4, -0.2) is 16.3 Å². The number of rotatable bonds is 1. The summed E-state index contributed by atoms with van der Waals surface area (Å²) in [6.07, 6.45) is 10.00. The van der Waals surface area contributed by atoms with Gasteiger partial charge in [0.1, 0.15) is 11.5 Å². The molecule has 0 bridgehead atoms. The first-order chi connectivity index (χ1) is 12.8. The van der Waals surface area contributed by atoms with Crippen molar-refractivity contribution in [2.75, 3.05) is 0 Å². The average molecular weight is 369 g/mol. The molecule has 0 saturated heterocycles. The number of hydrogen-bond acceptors (Lipinski definition) is 3. The summed E-state index contributed by atoms with van der Waals surface area (Å²) >= 11 is 0. The molecule has 1 aromatic heterocycles. The second kappa shape index (κ2) is 5.76. The molecule has 0 unspecified atom stereocenters. The van der Waals surface area contributed by atoms with Crippen LogP contribution in [0.15, 0.2) is 40.2 Å². The zero-order valence-electron chi connectivity index (χ0n) is 16.7. The van der Waals surface area contributed by atoms with Crippen LogP contribution in [0.25, 0.3) is 5.57 Å². The molecule has 2 N–H and O–H groups in total. The van der Waals surface area contributed by atoms with Crippen LogP contribution in [0.4, 0.5) is 0 Å². The van der Waals surface area contributed by atoms with Crippen molar-refractivity contribution in [1.29, 1.82) is 0 Å². The maximum Gasteiger partial charge on any atom is 0.133 e. The zero-order chi connectivity index (χ0) is 19.0. The Hall–Kier alpha value is -1.48. The van der Waals surface area contributed by atoms with E-state index >= 15 is 0 Å². The molecule has 27 heavy (non-hydrogen) atoms. The van der Waals surface area contributed by atoms with E-state index in [9.17, 15) is 10.2 Å². The van der Waals surface area contributed by atoms with Crippen molar-refractivity contribution < 1.29 is 14.6 Å². The highest BCUT2D eigenvalue weighted by Crippen LogP contribution is 2.68. The van der Waals surface area contributed by atoms with Crippen molar-refractivity contribution >= 4 is 5.57 Å². The molecule has 0 aliphatic heterocycles. The van der Waals surface area contributed by atoms with E-state index in [1.54, 1.807) is 6.26 Å². The lowest BCUT2D eigenvalue weighted by Crippen LogP contribution is -2.52. The molecule has 4 aliphatic carbocycles. The van der Waals surface area contributed by atoms with Crippen molar-refractivity contribution in [1.82, 2.24) is 0 Å². The Bertz CT molecular complexity index is 804. The zero-order valence-corrected chi connectivity index (χ0v) is 16.7. The summed E-state index contributed by atoms with van der Waals surface area (Å²) in [5, 5.41) is 21.2. The first-order valence-corrected chi connectivity index (χ1v) is 10.7. The van der Waals surface area contributed by atoms with Gasteiger partial charge in [0, 0.05) is 17.4 Å². The highest BCUT2D eigenvalue weighted by molar-refractivity contribution is 5.71. The summed E-state index contributed by atoms with van der Waals surface area (Å²) in [6.45, 7) is 7.17. The molecular weight excluding hydrogens is 336 g/mol. The highest BCUT2D eigenvalue weighted by atomic mass is 16.3. The van der Waals surface area contributed by atoms with E-state index in [0.29, 0.717) is 29.4 Å². The van der Waals surface area contributed by atoms with Crippen molar-refractivity contribution in [2.45, 2.75) is 65.4 Å². The summed E-state index contributed by atoms with van der Waals surface area (Å²) in [7, 11) is 0. The van der Waals surface area contributed by atoms with Gasteiger partial charge in [-0.3, -0.25) is 0 Å². The first kappa shape index (κ1) is 17.6. The molecule has 4 aliphatic rings. The Morgan fingerprint density at radius 1 is 1.07 bits per heavy atom. The molecule has 7 atom stereocenters. The third kappa shape index (κ3) is 2.30. The van der Waals surface area contributed by atoms with E-state index in [0.717, 1.165) is 43.4 Å². The van der Waals surface area contributed by atoms with Gasteiger partial charge in [-0.05, 0) is 73.3 Å². The number of aliphatic hydroxyl groups excluding tert-OH is 2. The van der Waals surface area contributed by atoms with Crippen molar-refractivity contribution in [2.24, 2.45) is 34.5 Å².